The minimum Gasteiger partial charge on any atom is -0.289 e. The summed E-state index contributed by atoms with van der Waals surface area (Å²) in [5, 5.41) is 0. The van der Waals surface area contributed by atoms with Gasteiger partial charge in [0.15, 0.2) is 5.78 Å². The minimum absolute atomic E-state index is 0.108. The monoisotopic (exact) mass is 284 g/mol. The van der Waals surface area contributed by atoms with Gasteiger partial charge in [0.25, 0.3) is 0 Å². The van der Waals surface area contributed by atoms with Gasteiger partial charge in [-0.2, -0.15) is 0 Å². The zero-order valence-electron chi connectivity index (χ0n) is 14.0. The Morgan fingerprint density at radius 1 is 1.10 bits per heavy atom. The molecule has 0 radical (unpaired) electrons. The van der Waals surface area contributed by atoms with Crippen molar-refractivity contribution in [3.8, 4) is 0 Å². The maximum Gasteiger partial charge on any atom is 0.188 e. The summed E-state index contributed by atoms with van der Waals surface area (Å²) in [4.78, 5) is 12.3. The third kappa shape index (κ3) is 5.34. The first-order valence-corrected chi connectivity index (χ1v) is 7.92. The van der Waals surface area contributed by atoms with Crippen LogP contribution in [0.15, 0.2) is 53.6 Å². The van der Waals surface area contributed by atoms with Crippen molar-refractivity contribution in [2.24, 2.45) is 11.8 Å². The molecule has 1 rings (SSSR count). The molecule has 0 aliphatic carbocycles. The summed E-state index contributed by atoms with van der Waals surface area (Å²) in [6, 6.07) is 9.46. The summed E-state index contributed by atoms with van der Waals surface area (Å²) in [5.41, 5.74) is 2.91. The maximum absolute atomic E-state index is 12.3. The standard InChI is InChI=1S/C20H28O/c1-6-10-19(15(2)3)16(4)13-14-17(5)20(21)18-11-8-7-9-12-18/h7-9,11-15,19H,6,10H2,1-5H3/b16-13+,17-14+. The summed E-state index contributed by atoms with van der Waals surface area (Å²) in [7, 11) is 0. The van der Waals surface area contributed by atoms with Crippen molar-refractivity contribution >= 4 is 5.78 Å². The van der Waals surface area contributed by atoms with Gasteiger partial charge in [-0.1, -0.05) is 75.2 Å². The SMILES string of the molecule is CCCC(/C(C)=C/C=C(\C)C(=O)c1ccccc1)C(C)C. The predicted octanol–water partition coefficient (Wildman–Crippen LogP) is 5.83. The van der Waals surface area contributed by atoms with E-state index in [0.717, 1.165) is 11.1 Å². The topological polar surface area (TPSA) is 17.1 Å². The van der Waals surface area contributed by atoms with Gasteiger partial charge >= 0.3 is 0 Å². The summed E-state index contributed by atoms with van der Waals surface area (Å²) in [6.07, 6.45) is 6.49. The van der Waals surface area contributed by atoms with Gasteiger partial charge in [-0.15, -0.1) is 0 Å². The van der Waals surface area contributed by atoms with Crippen LogP contribution in [0.4, 0.5) is 0 Å². The van der Waals surface area contributed by atoms with Crippen molar-refractivity contribution < 1.29 is 4.79 Å². The average molecular weight is 284 g/mol. The van der Waals surface area contributed by atoms with Crippen LogP contribution < -0.4 is 0 Å². The van der Waals surface area contributed by atoms with E-state index in [1.807, 2.05) is 43.3 Å². The molecule has 0 saturated carbocycles. The molecule has 0 amide bonds. The molecule has 0 fully saturated rings. The number of carbonyl (C=O) groups is 1. The molecule has 0 heterocycles. The first-order valence-electron chi connectivity index (χ1n) is 7.92. The number of carbonyl (C=O) groups excluding carboxylic acids is 1. The molecule has 1 aromatic rings. The van der Waals surface area contributed by atoms with Crippen molar-refractivity contribution in [1.29, 1.82) is 0 Å². The number of benzene rings is 1. The Hall–Kier alpha value is -1.63. The quantitative estimate of drug-likeness (QED) is 0.349. The van der Waals surface area contributed by atoms with Gasteiger partial charge in [0.1, 0.15) is 0 Å². The predicted molar refractivity (Wildman–Crippen MR) is 91.5 cm³/mol. The second-order valence-electron chi connectivity index (χ2n) is 6.09. The molecular weight excluding hydrogens is 256 g/mol. The van der Waals surface area contributed by atoms with Crippen LogP contribution in [-0.4, -0.2) is 5.78 Å². The van der Waals surface area contributed by atoms with Gasteiger partial charge in [-0.3, -0.25) is 4.79 Å². The van der Waals surface area contributed by atoms with Gasteiger partial charge in [-0.05, 0) is 37.7 Å². The van der Waals surface area contributed by atoms with Crippen molar-refractivity contribution in [2.75, 3.05) is 0 Å². The molecule has 114 valence electrons. The van der Waals surface area contributed by atoms with Gasteiger partial charge in [0.05, 0.1) is 0 Å². The lowest BCUT2D eigenvalue weighted by atomic mass is 9.85. The maximum atomic E-state index is 12.3. The van der Waals surface area contributed by atoms with E-state index < -0.39 is 0 Å². The summed E-state index contributed by atoms with van der Waals surface area (Å²) >= 11 is 0. The Morgan fingerprint density at radius 2 is 1.71 bits per heavy atom. The summed E-state index contributed by atoms with van der Waals surface area (Å²) in [6.45, 7) is 10.8. The summed E-state index contributed by atoms with van der Waals surface area (Å²) in [5.74, 6) is 1.35. The number of rotatable bonds is 7. The fraction of sp³-hybridized carbons (Fsp3) is 0.450. The highest BCUT2D eigenvalue weighted by atomic mass is 16.1. The fourth-order valence-electron chi connectivity index (χ4n) is 2.67. The summed E-state index contributed by atoms with van der Waals surface area (Å²) < 4.78 is 0. The van der Waals surface area contributed by atoms with E-state index in [4.69, 9.17) is 0 Å². The highest BCUT2D eigenvalue weighted by Crippen LogP contribution is 2.25. The molecule has 0 saturated heterocycles. The van der Waals surface area contributed by atoms with E-state index in [2.05, 4.69) is 33.8 Å². The van der Waals surface area contributed by atoms with Crippen LogP contribution >= 0.6 is 0 Å². The third-order valence-electron chi connectivity index (χ3n) is 3.98. The molecular formula is C20H28O. The molecule has 0 N–H and O–H groups in total. The lowest BCUT2D eigenvalue weighted by molar-refractivity contribution is 0.103. The van der Waals surface area contributed by atoms with E-state index >= 15 is 0 Å². The van der Waals surface area contributed by atoms with Gasteiger partial charge in [0, 0.05) is 5.56 Å². The molecule has 0 spiro atoms. The molecule has 0 aliphatic rings. The van der Waals surface area contributed by atoms with Crippen LogP contribution in [0, 0.1) is 11.8 Å². The van der Waals surface area contributed by atoms with Crippen molar-refractivity contribution in [2.45, 2.75) is 47.5 Å². The van der Waals surface area contributed by atoms with E-state index in [0.29, 0.717) is 11.8 Å². The highest BCUT2D eigenvalue weighted by molar-refractivity contribution is 6.08. The lowest BCUT2D eigenvalue weighted by Crippen LogP contribution is -2.09. The number of hydrogen-bond acceptors (Lipinski definition) is 1. The zero-order chi connectivity index (χ0) is 15.8. The number of hydrogen-bond donors (Lipinski definition) is 0. The molecule has 1 atom stereocenters. The van der Waals surface area contributed by atoms with Crippen LogP contribution in [-0.2, 0) is 0 Å². The Kier molecular flexibility index (Phi) is 7.14. The van der Waals surface area contributed by atoms with E-state index in [1.165, 1.54) is 18.4 Å². The van der Waals surface area contributed by atoms with E-state index in [9.17, 15) is 4.79 Å². The Labute approximate surface area is 129 Å². The van der Waals surface area contributed by atoms with Crippen LogP contribution in [0.1, 0.15) is 57.8 Å². The van der Waals surface area contributed by atoms with Crippen molar-refractivity contribution in [3.05, 3.63) is 59.2 Å². The molecule has 0 aromatic heterocycles. The Morgan fingerprint density at radius 3 is 2.24 bits per heavy atom. The smallest absolute Gasteiger partial charge is 0.188 e. The minimum atomic E-state index is 0.108. The lowest BCUT2D eigenvalue weighted by Gasteiger charge is -2.21. The largest absolute Gasteiger partial charge is 0.289 e. The van der Waals surface area contributed by atoms with Gasteiger partial charge < -0.3 is 0 Å². The number of ketones is 1. The van der Waals surface area contributed by atoms with E-state index in [-0.39, 0.29) is 5.78 Å². The molecule has 21 heavy (non-hydrogen) atoms. The van der Waals surface area contributed by atoms with E-state index in [1.54, 1.807) is 0 Å². The molecule has 1 heteroatoms. The van der Waals surface area contributed by atoms with Crippen LogP contribution in [0.5, 0.6) is 0 Å². The van der Waals surface area contributed by atoms with Crippen LogP contribution in [0.3, 0.4) is 0 Å². The van der Waals surface area contributed by atoms with Crippen LogP contribution in [0.25, 0.3) is 0 Å². The van der Waals surface area contributed by atoms with Crippen LogP contribution in [0.2, 0.25) is 0 Å². The first-order chi connectivity index (χ1) is 9.97. The molecule has 1 unspecified atom stereocenters. The molecule has 0 bridgehead atoms. The molecule has 1 nitrogen and oxygen atoms in total. The molecule has 1 aromatic carbocycles. The number of Topliss-reactive ketones (excluding diaryl/α,β-unsaturated/α-hetero) is 1. The number of allylic oxidation sites excluding steroid dienone is 4. The molecule has 0 aliphatic heterocycles. The average Bonchev–Trinajstić information content (AvgIpc) is 2.49. The third-order valence-corrected chi connectivity index (χ3v) is 3.98. The second kappa shape index (κ2) is 8.61. The Bertz CT molecular complexity index is 506. The fourth-order valence-corrected chi connectivity index (χ4v) is 2.67. The first kappa shape index (κ1) is 17.4. The highest BCUT2D eigenvalue weighted by Gasteiger charge is 2.14. The van der Waals surface area contributed by atoms with Crippen molar-refractivity contribution in [3.63, 3.8) is 0 Å². The second-order valence-corrected chi connectivity index (χ2v) is 6.09. The zero-order valence-corrected chi connectivity index (χ0v) is 14.0. The Balaban J connectivity index is 2.86. The normalized spacial score (nSPS) is 14.4. The van der Waals surface area contributed by atoms with Gasteiger partial charge in [-0.25, -0.2) is 0 Å². The van der Waals surface area contributed by atoms with Gasteiger partial charge in [0.2, 0.25) is 0 Å². The van der Waals surface area contributed by atoms with Crippen molar-refractivity contribution in [1.82, 2.24) is 0 Å².